The largest absolute Gasteiger partial charge is 0.396 e. The summed E-state index contributed by atoms with van der Waals surface area (Å²) in [5.74, 6) is 0. The maximum Gasteiger partial charge on any atom is 0.345 e. The van der Waals surface area contributed by atoms with Crippen molar-refractivity contribution in [2.75, 3.05) is 35.0 Å². The number of aliphatic hydroxyl groups is 1. The van der Waals surface area contributed by atoms with Crippen LogP contribution in [-0.2, 0) is 27.2 Å². The van der Waals surface area contributed by atoms with Gasteiger partial charge < -0.3 is 23.2 Å². The third-order valence-corrected chi connectivity index (χ3v) is 8.33. The molecule has 0 aliphatic rings. The lowest BCUT2D eigenvalue weighted by molar-refractivity contribution is 0.241. The van der Waals surface area contributed by atoms with Gasteiger partial charge in [-0.05, 0) is 19.3 Å². The zero-order chi connectivity index (χ0) is 14.2. The summed E-state index contributed by atoms with van der Waals surface area (Å²) in [5.41, 5.74) is 0. The highest BCUT2D eigenvalue weighted by Gasteiger charge is 2.48. The molecule has 0 amide bonds. The van der Waals surface area contributed by atoms with Gasteiger partial charge in [-0.2, -0.15) is 0 Å². The molecule has 0 aliphatic heterocycles. The molecule has 0 saturated heterocycles. The number of aliphatic hydroxyl groups excluding tert-OH is 1. The predicted octanol–water partition coefficient (Wildman–Crippen LogP) is 2.45. The smallest absolute Gasteiger partial charge is 0.345 e. The van der Waals surface area contributed by atoms with Crippen molar-refractivity contribution in [3.63, 3.8) is 0 Å². The molecule has 0 saturated carbocycles. The Morgan fingerprint density at radius 3 is 1.56 bits per heavy atom. The minimum absolute atomic E-state index is 0.00124. The Kier molecular flexibility index (Phi) is 8.56. The van der Waals surface area contributed by atoms with E-state index in [0.29, 0.717) is 12.8 Å². The van der Waals surface area contributed by atoms with Crippen molar-refractivity contribution < 1.29 is 32.3 Å². The van der Waals surface area contributed by atoms with Gasteiger partial charge in [0.05, 0.1) is 0 Å². The van der Waals surface area contributed by atoms with Gasteiger partial charge in [0.1, 0.15) is 0 Å². The maximum atomic E-state index is 12.4. The molecule has 0 aliphatic carbocycles. The Labute approximate surface area is 108 Å². The molecule has 1 N–H and O–H groups in total. The van der Waals surface area contributed by atoms with Gasteiger partial charge >= 0.3 is 15.2 Å². The molecule has 0 rings (SSSR count). The van der Waals surface area contributed by atoms with Crippen LogP contribution >= 0.6 is 15.2 Å². The maximum absolute atomic E-state index is 12.4. The second-order valence-corrected chi connectivity index (χ2v) is 8.78. The lowest BCUT2D eigenvalue weighted by Gasteiger charge is -2.28. The van der Waals surface area contributed by atoms with Crippen molar-refractivity contribution in [2.24, 2.45) is 0 Å². The standard InChI is InChI=1S/C9H22O7P2/c1-13-17(11,14-2)9(7-5-6-8-10)18(12,15-3)16-4/h9-10H,5-8H2,1-4H3. The summed E-state index contributed by atoms with van der Waals surface area (Å²) < 4.78 is 44.2. The van der Waals surface area contributed by atoms with Gasteiger partial charge in [0.15, 0.2) is 5.40 Å². The van der Waals surface area contributed by atoms with E-state index >= 15 is 0 Å². The van der Waals surface area contributed by atoms with Crippen molar-refractivity contribution in [2.45, 2.75) is 24.7 Å². The summed E-state index contributed by atoms with van der Waals surface area (Å²) in [6.45, 7) is 0.00124. The monoisotopic (exact) mass is 304 g/mol. The van der Waals surface area contributed by atoms with Crippen LogP contribution in [0, 0.1) is 0 Å². The van der Waals surface area contributed by atoms with E-state index in [1.165, 1.54) is 28.4 Å². The minimum Gasteiger partial charge on any atom is -0.396 e. The fourth-order valence-corrected chi connectivity index (χ4v) is 6.35. The molecule has 0 aromatic heterocycles. The van der Waals surface area contributed by atoms with E-state index in [1.807, 2.05) is 0 Å². The van der Waals surface area contributed by atoms with Crippen LogP contribution < -0.4 is 0 Å². The first-order valence-corrected chi connectivity index (χ1v) is 8.69. The highest BCUT2D eigenvalue weighted by Crippen LogP contribution is 2.70. The molecule has 0 fully saturated rings. The molecule has 0 radical (unpaired) electrons. The average molecular weight is 304 g/mol. The van der Waals surface area contributed by atoms with E-state index in [1.54, 1.807) is 0 Å². The van der Waals surface area contributed by atoms with E-state index in [2.05, 4.69) is 0 Å². The summed E-state index contributed by atoms with van der Waals surface area (Å²) in [5, 5.41) is 7.75. The first-order chi connectivity index (χ1) is 8.44. The minimum atomic E-state index is -3.58. The van der Waals surface area contributed by atoms with Crippen molar-refractivity contribution >= 4 is 15.2 Å². The molecule has 0 bridgehead atoms. The third-order valence-electron chi connectivity index (χ3n) is 2.62. The first-order valence-electron chi connectivity index (χ1n) is 5.47. The third kappa shape index (κ3) is 4.42. The number of hydrogen-bond donors (Lipinski definition) is 1. The van der Waals surface area contributed by atoms with Gasteiger partial charge in [0.2, 0.25) is 0 Å². The predicted molar refractivity (Wildman–Crippen MR) is 68.0 cm³/mol. The van der Waals surface area contributed by atoms with E-state index in [4.69, 9.17) is 23.2 Å². The zero-order valence-electron chi connectivity index (χ0n) is 11.2. The number of hydrogen-bond acceptors (Lipinski definition) is 7. The highest BCUT2D eigenvalue weighted by atomic mass is 31.2. The van der Waals surface area contributed by atoms with Crippen LogP contribution in [-0.4, -0.2) is 45.6 Å². The van der Waals surface area contributed by atoms with Crippen LogP contribution in [0.4, 0.5) is 0 Å². The van der Waals surface area contributed by atoms with Crippen LogP contribution in [0.1, 0.15) is 19.3 Å². The van der Waals surface area contributed by atoms with E-state index in [9.17, 15) is 9.13 Å². The Morgan fingerprint density at radius 2 is 1.28 bits per heavy atom. The second-order valence-electron chi connectivity index (χ2n) is 3.51. The molecule has 0 aromatic rings. The van der Waals surface area contributed by atoms with Crippen LogP contribution in [0.3, 0.4) is 0 Å². The summed E-state index contributed by atoms with van der Waals surface area (Å²) in [6, 6.07) is 0. The quantitative estimate of drug-likeness (QED) is 0.489. The fourth-order valence-electron chi connectivity index (χ4n) is 1.56. The lowest BCUT2D eigenvalue weighted by Crippen LogP contribution is -2.15. The fraction of sp³-hybridized carbons (Fsp3) is 1.00. The van der Waals surface area contributed by atoms with Crippen LogP contribution in [0.2, 0.25) is 0 Å². The Balaban J connectivity index is 5.16. The van der Waals surface area contributed by atoms with Gasteiger partial charge in [-0.3, -0.25) is 9.13 Å². The normalized spacial score (nSPS) is 13.2. The van der Waals surface area contributed by atoms with E-state index < -0.39 is 20.6 Å². The molecule has 0 spiro atoms. The van der Waals surface area contributed by atoms with Crippen LogP contribution in [0.5, 0.6) is 0 Å². The van der Waals surface area contributed by atoms with Crippen LogP contribution in [0.25, 0.3) is 0 Å². The highest BCUT2D eigenvalue weighted by molar-refractivity contribution is 7.72. The van der Waals surface area contributed by atoms with Crippen LogP contribution in [0.15, 0.2) is 0 Å². The van der Waals surface area contributed by atoms with Gasteiger partial charge in [0.25, 0.3) is 0 Å². The van der Waals surface area contributed by atoms with E-state index in [0.717, 1.165) is 0 Å². The molecule has 9 heteroatoms. The summed E-state index contributed by atoms with van der Waals surface area (Å²) in [4.78, 5) is 0. The molecular weight excluding hydrogens is 282 g/mol. The van der Waals surface area contributed by atoms with Crippen molar-refractivity contribution in [1.82, 2.24) is 0 Å². The molecule has 0 heterocycles. The Hall–Kier alpha value is 0.260. The lowest BCUT2D eigenvalue weighted by atomic mass is 10.3. The molecular formula is C9H22O7P2. The van der Waals surface area contributed by atoms with Gasteiger partial charge in [-0.1, -0.05) is 0 Å². The zero-order valence-corrected chi connectivity index (χ0v) is 13.0. The van der Waals surface area contributed by atoms with Crippen molar-refractivity contribution in [3.8, 4) is 0 Å². The Bertz CT molecular complexity index is 278. The molecule has 0 unspecified atom stereocenters. The molecule has 7 nitrogen and oxygen atoms in total. The summed E-state index contributed by atoms with van der Waals surface area (Å²) in [6.07, 6.45) is 1.25. The summed E-state index contributed by atoms with van der Waals surface area (Å²) >= 11 is 0. The molecule has 0 aromatic carbocycles. The molecule has 110 valence electrons. The Morgan fingerprint density at radius 1 is 0.889 bits per heavy atom. The second kappa shape index (κ2) is 8.43. The molecule has 0 atom stereocenters. The number of rotatable bonds is 10. The van der Waals surface area contributed by atoms with Gasteiger partial charge in [0, 0.05) is 35.0 Å². The van der Waals surface area contributed by atoms with E-state index in [-0.39, 0.29) is 13.0 Å². The summed E-state index contributed by atoms with van der Waals surface area (Å²) in [7, 11) is -2.28. The van der Waals surface area contributed by atoms with Gasteiger partial charge in [-0.25, -0.2) is 0 Å². The number of unbranched alkanes of at least 4 members (excludes halogenated alkanes) is 1. The topological polar surface area (TPSA) is 91.3 Å². The first kappa shape index (κ1) is 18.3. The van der Waals surface area contributed by atoms with Crippen molar-refractivity contribution in [1.29, 1.82) is 0 Å². The van der Waals surface area contributed by atoms with Gasteiger partial charge in [-0.15, -0.1) is 0 Å². The van der Waals surface area contributed by atoms with Crippen molar-refractivity contribution in [3.05, 3.63) is 0 Å². The SMILES string of the molecule is COP(=O)(OC)C(CCCCO)P(=O)(OC)OC. The average Bonchev–Trinajstić information content (AvgIpc) is 2.42. The molecule has 18 heavy (non-hydrogen) atoms.